The van der Waals surface area contributed by atoms with E-state index in [2.05, 4.69) is 13.8 Å². The first kappa shape index (κ1) is 19.3. The number of nitro benzene ring substituents is 1. The van der Waals surface area contributed by atoms with Crippen molar-refractivity contribution in [3.63, 3.8) is 0 Å². The number of hydrogen-bond acceptors (Lipinski definition) is 6. The van der Waals surface area contributed by atoms with Gasteiger partial charge in [-0.25, -0.2) is 4.99 Å². The molecule has 6 nitrogen and oxygen atoms in total. The average Bonchev–Trinajstić information content (AvgIpc) is 3.02. The number of carbonyl (C=O) groups excluding carboxylic acids is 1. The van der Waals surface area contributed by atoms with Crippen LogP contribution < -0.4 is 4.90 Å². The summed E-state index contributed by atoms with van der Waals surface area (Å²) in [5.74, 6) is -0.000357. The molecule has 3 aliphatic rings. The number of benzene rings is 2. The van der Waals surface area contributed by atoms with E-state index in [0.717, 1.165) is 21.4 Å². The number of hydrogen-bond donors (Lipinski definition) is 0. The van der Waals surface area contributed by atoms with Crippen LogP contribution in [0.25, 0.3) is 0 Å². The third-order valence-electron chi connectivity index (χ3n) is 5.68. The molecule has 0 saturated carbocycles. The Morgan fingerprint density at radius 3 is 2.77 bits per heavy atom. The molecule has 1 aliphatic carbocycles. The van der Waals surface area contributed by atoms with Gasteiger partial charge in [0, 0.05) is 28.0 Å². The number of rotatable bonds is 2. The van der Waals surface area contributed by atoms with Crippen LogP contribution in [0.3, 0.4) is 0 Å². The summed E-state index contributed by atoms with van der Waals surface area (Å²) in [4.78, 5) is 32.5. The van der Waals surface area contributed by atoms with E-state index in [1.165, 1.54) is 17.8 Å². The highest BCUT2D eigenvalue weighted by Gasteiger charge is 2.47. The smallest absolute Gasteiger partial charge is 0.275 e. The number of thioether (sulfide) groups is 1. The Kier molecular flexibility index (Phi) is 4.31. The van der Waals surface area contributed by atoms with Gasteiger partial charge in [-0.1, -0.05) is 37.6 Å². The van der Waals surface area contributed by atoms with Gasteiger partial charge in [-0.3, -0.25) is 14.9 Å². The largest absolute Gasteiger partial charge is 0.307 e. The molecule has 152 valence electrons. The van der Waals surface area contributed by atoms with Crippen molar-refractivity contribution in [3.05, 3.63) is 74.4 Å². The van der Waals surface area contributed by atoms with E-state index in [0.29, 0.717) is 29.0 Å². The first-order chi connectivity index (χ1) is 14.2. The van der Waals surface area contributed by atoms with Gasteiger partial charge in [-0.15, -0.1) is 0 Å². The van der Waals surface area contributed by atoms with Crippen molar-refractivity contribution >= 4 is 45.7 Å². The fourth-order valence-electron chi connectivity index (χ4n) is 4.48. The van der Waals surface area contributed by atoms with Crippen LogP contribution in [0.1, 0.15) is 38.3 Å². The van der Waals surface area contributed by atoms with Crippen LogP contribution in [0.4, 0.5) is 11.4 Å². The highest BCUT2D eigenvalue weighted by molar-refractivity contribution is 8.14. The Hall–Kier alpha value is -2.64. The summed E-state index contributed by atoms with van der Waals surface area (Å²) in [6, 6.07) is 11.6. The number of amidine groups is 1. The summed E-state index contributed by atoms with van der Waals surface area (Å²) in [6.45, 7) is 4.11. The van der Waals surface area contributed by atoms with Gasteiger partial charge in [-0.05, 0) is 47.9 Å². The normalized spacial score (nSPS) is 21.7. The van der Waals surface area contributed by atoms with Crippen LogP contribution in [0.5, 0.6) is 0 Å². The number of ketones is 1. The summed E-state index contributed by atoms with van der Waals surface area (Å²) in [5.41, 5.74) is 2.46. The molecule has 8 heteroatoms. The van der Waals surface area contributed by atoms with Crippen molar-refractivity contribution in [2.45, 2.75) is 37.6 Å². The number of nitro groups is 1. The summed E-state index contributed by atoms with van der Waals surface area (Å²) in [7, 11) is 0. The maximum atomic E-state index is 13.3. The lowest BCUT2D eigenvalue weighted by molar-refractivity contribution is -0.385. The lowest BCUT2D eigenvalue weighted by atomic mass is 9.73. The summed E-state index contributed by atoms with van der Waals surface area (Å²) < 4.78 is 0. The average molecular weight is 440 g/mol. The molecule has 0 amide bonds. The van der Waals surface area contributed by atoms with Crippen molar-refractivity contribution < 1.29 is 9.72 Å². The lowest BCUT2D eigenvalue weighted by Gasteiger charge is -2.40. The molecule has 2 aromatic rings. The Morgan fingerprint density at radius 2 is 2.00 bits per heavy atom. The molecule has 2 heterocycles. The molecule has 0 aromatic heterocycles. The molecule has 1 atom stereocenters. The number of para-hydroxylation sites is 1. The Bertz CT molecular complexity index is 1190. The van der Waals surface area contributed by atoms with E-state index >= 15 is 0 Å². The summed E-state index contributed by atoms with van der Waals surface area (Å²) in [6.07, 6.45) is 1.04. The second-order valence-corrected chi connectivity index (χ2v) is 9.94. The number of aliphatic imine (C=N–C) groups is 1. The number of fused-ring (bicyclic) bond motifs is 3. The molecule has 0 saturated heterocycles. The summed E-state index contributed by atoms with van der Waals surface area (Å²) >= 11 is 7.68. The van der Waals surface area contributed by atoms with E-state index in [-0.39, 0.29) is 21.8 Å². The monoisotopic (exact) mass is 439 g/mol. The quantitative estimate of drug-likeness (QED) is 0.429. The Balaban J connectivity index is 1.77. The van der Waals surface area contributed by atoms with Crippen LogP contribution in [-0.4, -0.2) is 15.9 Å². The highest BCUT2D eigenvalue weighted by atomic mass is 35.5. The molecule has 2 aliphatic heterocycles. The first-order valence-corrected chi connectivity index (χ1v) is 10.8. The van der Waals surface area contributed by atoms with Gasteiger partial charge in [-0.2, -0.15) is 0 Å². The zero-order valence-corrected chi connectivity index (χ0v) is 18.0. The number of carbonyl (C=O) groups is 1. The molecule has 2 aromatic carbocycles. The van der Waals surface area contributed by atoms with E-state index in [1.54, 1.807) is 24.3 Å². The Morgan fingerprint density at radius 1 is 1.23 bits per heavy atom. The van der Waals surface area contributed by atoms with Crippen LogP contribution >= 0.6 is 23.4 Å². The first-order valence-electron chi connectivity index (χ1n) is 9.60. The number of allylic oxidation sites excluding steroid dienone is 1. The zero-order valence-electron chi connectivity index (χ0n) is 16.4. The molecule has 1 unspecified atom stereocenters. The minimum absolute atomic E-state index is 0.000357. The number of halogens is 1. The van der Waals surface area contributed by atoms with Gasteiger partial charge < -0.3 is 4.90 Å². The molecule has 0 fully saturated rings. The van der Waals surface area contributed by atoms with E-state index in [9.17, 15) is 14.9 Å². The fourth-order valence-corrected chi connectivity index (χ4v) is 5.83. The van der Waals surface area contributed by atoms with Gasteiger partial charge in [0.1, 0.15) is 0 Å². The molecule has 30 heavy (non-hydrogen) atoms. The van der Waals surface area contributed by atoms with Crippen molar-refractivity contribution in [2.75, 3.05) is 4.90 Å². The van der Waals surface area contributed by atoms with E-state index in [1.807, 2.05) is 17.0 Å². The van der Waals surface area contributed by atoms with Crippen LogP contribution in [0.15, 0.2) is 63.6 Å². The molecular weight excluding hydrogens is 422 g/mol. The van der Waals surface area contributed by atoms with Crippen LogP contribution in [0.2, 0.25) is 5.02 Å². The van der Waals surface area contributed by atoms with E-state index in [4.69, 9.17) is 16.6 Å². The van der Waals surface area contributed by atoms with Crippen LogP contribution in [-0.2, 0) is 4.79 Å². The molecule has 0 N–H and O–H groups in total. The van der Waals surface area contributed by atoms with Gasteiger partial charge >= 0.3 is 0 Å². The van der Waals surface area contributed by atoms with Crippen molar-refractivity contribution in [2.24, 2.45) is 10.4 Å². The predicted octanol–water partition coefficient (Wildman–Crippen LogP) is 5.91. The summed E-state index contributed by atoms with van der Waals surface area (Å²) in [5, 5.41) is 13.2. The molecule has 5 rings (SSSR count). The second kappa shape index (κ2) is 6.68. The van der Waals surface area contributed by atoms with Crippen LogP contribution in [0, 0.1) is 15.5 Å². The van der Waals surface area contributed by atoms with Crippen molar-refractivity contribution in [1.82, 2.24) is 0 Å². The van der Waals surface area contributed by atoms with Crippen molar-refractivity contribution in [1.29, 1.82) is 0 Å². The SMILES string of the molecule is CC1(C)CC(=O)C2=C(C1)N=C1Sc3cc(Cl)ccc3N1C2c1ccccc1[N+](=O)[O-]. The fraction of sp³-hybridized carbons (Fsp3) is 0.273. The molecule has 0 spiro atoms. The third kappa shape index (κ3) is 2.96. The van der Waals surface area contributed by atoms with E-state index < -0.39 is 6.04 Å². The molecule has 0 radical (unpaired) electrons. The number of nitrogens with zero attached hydrogens (tertiary/aromatic N) is 3. The standard InChI is InChI=1S/C22H18ClN3O3S/c1-22(2)10-14-19(17(27)11-22)20(13-5-3-4-6-15(13)26(28)29)25-16-8-7-12(23)9-18(16)30-21(25)24-14/h3-9,20H,10-11H2,1-2H3. The van der Waals surface area contributed by atoms with Crippen molar-refractivity contribution in [3.8, 4) is 0 Å². The molecular formula is C22H18ClN3O3S. The zero-order chi connectivity index (χ0) is 21.2. The third-order valence-corrected chi connectivity index (χ3v) is 6.93. The minimum Gasteiger partial charge on any atom is -0.307 e. The maximum absolute atomic E-state index is 13.3. The maximum Gasteiger partial charge on any atom is 0.275 e. The predicted molar refractivity (Wildman–Crippen MR) is 118 cm³/mol. The minimum atomic E-state index is -0.590. The van der Waals surface area contributed by atoms with Gasteiger partial charge in [0.15, 0.2) is 11.0 Å². The number of Topliss-reactive ketones (excluding diaryl/α,β-unsaturated/α-hetero) is 1. The lowest BCUT2D eigenvalue weighted by Crippen LogP contribution is -2.40. The molecule has 0 bridgehead atoms. The highest BCUT2D eigenvalue weighted by Crippen LogP contribution is 2.54. The van der Waals surface area contributed by atoms with Gasteiger partial charge in [0.2, 0.25) is 0 Å². The van der Waals surface area contributed by atoms with Gasteiger partial charge in [0.05, 0.1) is 27.9 Å². The second-order valence-electron chi connectivity index (χ2n) is 8.50. The number of anilines is 1. The van der Waals surface area contributed by atoms with Gasteiger partial charge in [0.25, 0.3) is 5.69 Å². The Labute approximate surface area is 182 Å². The topological polar surface area (TPSA) is 75.8 Å².